The number of carbonyl (C=O) groups is 1. The molecule has 0 aromatic carbocycles. The summed E-state index contributed by atoms with van der Waals surface area (Å²) < 4.78 is 0. The first-order chi connectivity index (χ1) is 6.47. The van der Waals surface area contributed by atoms with Crippen LogP contribution in [0.5, 0.6) is 0 Å². The average Bonchev–Trinajstić information content (AvgIpc) is 2.49. The lowest BCUT2D eigenvalue weighted by Crippen LogP contribution is -2.13. The average molecular weight is 210 g/mol. The lowest BCUT2D eigenvalue weighted by atomic mass is 9.89. The molecule has 1 aromatic rings. The minimum atomic E-state index is 0.131. The monoisotopic (exact) mass is 210 g/mol. The molecule has 0 N–H and O–H groups in total. The lowest BCUT2D eigenvalue weighted by Gasteiger charge is -2.16. The van der Waals surface area contributed by atoms with E-state index in [9.17, 15) is 4.79 Å². The van der Waals surface area contributed by atoms with Crippen molar-refractivity contribution >= 4 is 17.1 Å². The molecule has 1 nitrogen and oxygen atoms in total. The zero-order chi connectivity index (χ0) is 10.6. The van der Waals surface area contributed by atoms with Crippen LogP contribution >= 0.6 is 11.3 Å². The fourth-order valence-electron chi connectivity index (χ4n) is 1.40. The zero-order valence-electron chi connectivity index (χ0n) is 9.17. The molecule has 14 heavy (non-hydrogen) atoms. The summed E-state index contributed by atoms with van der Waals surface area (Å²) in [7, 11) is 0. The normalized spacial score (nSPS) is 11.6. The molecule has 1 heterocycles. The summed E-state index contributed by atoms with van der Waals surface area (Å²) in [5.41, 5.74) is 0.131. The molecule has 0 atom stereocenters. The van der Waals surface area contributed by atoms with Gasteiger partial charge in [-0.25, -0.2) is 0 Å². The molecule has 78 valence electrons. The third-order valence-electron chi connectivity index (χ3n) is 1.96. The Morgan fingerprint density at radius 3 is 2.64 bits per heavy atom. The maximum absolute atomic E-state index is 11.6. The number of aryl methyl sites for hydroxylation is 1. The molecule has 0 aliphatic heterocycles. The third kappa shape index (κ3) is 4.56. The van der Waals surface area contributed by atoms with E-state index < -0.39 is 0 Å². The first kappa shape index (κ1) is 11.4. The molecule has 0 fully saturated rings. The van der Waals surface area contributed by atoms with Crippen LogP contribution in [-0.2, 0) is 11.2 Å². The maximum Gasteiger partial charge on any atom is 0.133 e. The van der Waals surface area contributed by atoms with Gasteiger partial charge in [-0.15, -0.1) is 11.3 Å². The van der Waals surface area contributed by atoms with E-state index in [1.54, 1.807) is 11.3 Å². The Labute approximate surface area is 90.2 Å². The summed E-state index contributed by atoms with van der Waals surface area (Å²) in [6.07, 6.45) is 2.29. The van der Waals surface area contributed by atoms with Crippen molar-refractivity contribution in [2.75, 3.05) is 0 Å². The van der Waals surface area contributed by atoms with Crippen LogP contribution in [0.25, 0.3) is 0 Å². The molecule has 0 saturated heterocycles. The number of carbonyl (C=O) groups excluding carboxylic acids is 1. The van der Waals surface area contributed by atoms with E-state index in [0.717, 1.165) is 6.42 Å². The largest absolute Gasteiger partial charge is 0.300 e. The van der Waals surface area contributed by atoms with Gasteiger partial charge < -0.3 is 0 Å². The second kappa shape index (κ2) is 4.74. The molecule has 0 aliphatic carbocycles. The van der Waals surface area contributed by atoms with Crippen molar-refractivity contribution in [3.63, 3.8) is 0 Å². The number of rotatable bonds is 4. The van der Waals surface area contributed by atoms with E-state index >= 15 is 0 Å². The first-order valence-corrected chi connectivity index (χ1v) is 5.89. The van der Waals surface area contributed by atoms with Gasteiger partial charge in [0.15, 0.2) is 0 Å². The molecule has 1 aromatic heterocycles. The molecule has 0 aliphatic rings. The van der Waals surface area contributed by atoms with Gasteiger partial charge in [0.1, 0.15) is 5.78 Å². The van der Waals surface area contributed by atoms with Gasteiger partial charge >= 0.3 is 0 Å². The van der Waals surface area contributed by atoms with Crippen LogP contribution in [0.3, 0.4) is 0 Å². The predicted octanol–water partition coefficient (Wildman–Crippen LogP) is 3.69. The van der Waals surface area contributed by atoms with Gasteiger partial charge in [0, 0.05) is 17.7 Å². The van der Waals surface area contributed by atoms with Crippen LogP contribution in [0.15, 0.2) is 17.5 Å². The van der Waals surface area contributed by atoms with Crippen molar-refractivity contribution < 1.29 is 4.79 Å². The molecular formula is C12H18OS. The number of Topliss-reactive ketones (excluding diaryl/α,β-unsaturated/α-hetero) is 1. The first-order valence-electron chi connectivity index (χ1n) is 5.01. The van der Waals surface area contributed by atoms with Crippen molar-refractivity contribution in [2.24, 2.45) is 5.41 Å². The Balaban J connectivity index is 2.29. The van der Waals surface area contributed by atoms with Crippen LogP contribution in [0, 0.1) is 5.41 Å². The molecule has 0 amide bonds. The summed E-state index contributed by atoms with van der Waals surface area (Å²) in [6, 6.07) is 4.13. The molecule has 0 bridgehead atoms. The standard InChI is InChI=1S/C12H18OS/c1-12(2,3)9-10(13)6-7-11-5-4-8-14-11/h4-5,8H,6-7,9H2,1-3H3. The van der Waals surface area contributed by atoms with Crippen molar-refractivity contribution in [2.45, 2.75) is 40.0 Å². The second-order valence-corrected chi connectivity index (χ2v) is 5.89. The van der Waals surface area contributed by atoms with Crippen molar-refractivity contribution in [3.05, 3.63) is 22.4 Å². The Kier molecular flexibility index (Phi) is 3.87. The smallest absolute Gasteiger partial charge is 0.133 e. The van der Waals surface area contributed by atoms with Gasteiger partial charge in [-0.1, -0.05) is 26.8 Å². The molecule has 0 spiro atoms. The highest BCUT2D eigenvalue weighted by atomic mass is 32.1. The number of hydrogen-bond acceptors (Lipinski definition) is 2. The Morgan fingerprint density at radius 1 is 1.43 bits per heavy atom. The molecule has 1 rings (SSSR count). The Hall–Kier alpha value is -0.630. The van der Waals surface area contributed by atoms with Crippen LogP contribution in [0.1, 0.15) is 38.5 Å². The van der Waals surface area contributed by atoms with E-state index in [0.29, 0.717) is 18.6 Å². The number of thiophene rings is 1. The van der Waals surface area contributed by atoms with Crippen molar-refractivity contribution in [1.82, 2.24) is 0 Å². The molecule has 0 radical (unpaired) electrons. The van der Waals surface area contributed by atoms with E-state index in [-0.39, 0.29) is 5.41 Å². The molecule has 0 unspecified atom stereocenters. The van der Waals surface area contributed by atoms with Crippen molar-refractivity contribution in [3.8, 4) is 0 Å². The zero-order valence-corrected chi connectivity index (χ0v) is 9.99. The van der Waals surface area contributed by atoms with Crippen LogP contribution < -0.4 is 0 Å². The third-order valence-corrected chi connectivity index (χ3v) is 2.89. The molecular weight excluding hydrogens is 192 g/mol. The van der Waals surface area contributed by atoms with Gasteiger partial charge in [0.25, 0.3) is 0 Å². The molecule has 0 saturated carbocycles. The summed E-state index contributed by atoms with van der Waals surface area (Å²) in [5.74, 6) is 0.380. The minimum absolute atomic E-state index is 0.131. The highest BCUT2D eigenvalue weighted by Crippen LogP contribution is 2.20. The SMILES string of the molecule is CC(C)(C)CC(=O)CCc1cccs1. The molecule has 2 heteroatoms. The number of ketones is 1. The van der Waals surface area contributed by atoms with Gasteiger partial charge in [-0.2, -0.15) is 0 Å². The summed E-state index contributed by atoms with van der Waals surface area (Å²) in [4.78, 5) is 12.9. The summed E-state index contributed by atoms with van der Waals surface area (Å²) >= 11 is 1.73. The minimum Gasteiger partial charge on any atom is -0.300 e. The summed E-state index contributed by atoms with van der Waals surface area (Å²) in [6.45, 7) is 6.32. The maximum atomic E-state index is 11.6. The van der Waals surface area contributed by atoms with Gasteiger partial charge in [0.05, 0.1) is 0 Å². The fourth-order valence-corrected chi connectivity index (χ4v) is 2.11. The Bertz CT molecular complexity index is 280. The van der Waals surface area contributed by atoms with Crippen LogP contribution in [-0.4, -0.2) is 5.78 Å². The second-order valence-electron chi connectivity index (χ2n) is 4.86. The van der Waals surface area contributed by atoms with E-state index in [1.165, 1.54) is 4.88 Å². The van der Waals surface area contributed by atoms with E-state index in [1.807, 2.05) is 6.07 Å². The quantitative estimate of drug-likeness (QED) is 0.740. The topological polar surface area (TPSA) is 17.1 Å². The van der Waals surface area contributed by atoms with E-state index in [2.05, 4.69) is 32.2 Å². The highest BCUT2D eigenvalue weighted by molar-refractivity contribution is 7.09. The predicted molar refractivity (Wildman–Crippen MR) is 61.7 cm³/mol. The van der Waals surface area contributed by atoms with Crippen LogP contribution in [0.2, 0.25) is 0 Å². The lowest BCUT2D eigenvalue weighted by molar-refractivity contribution is -0.120. The Morgan fingerprint density at radius 2 is 2.14 bits per heavy atom. The fraction of sp³-hybridized carbons (Fsp3) is 0.583. The van der Waals surface area contributed by atoms with Crippen LogP contribution in [0.4, 0.5) is 0 Å². The highest BCUT2D eigenvalue weighted by Gasteiger charge is 2.15. The summed E-state index contributed by atoms with van der Waals surface area (Å²) in [5, 5.41) is 2.06. The number of hydrogen-bond donors (Lipinski definition) is 0. The van der Waals surface area contributed by atoms with Crippen molar-refractivity contribution in [1.29, 1.82) is 0 Å². The van der Waals surface area contributed by atoms with Gasteiger partial charge in [0.2, 0.25) is 0 Å². The van der Waals surface area contributed by atoms with Gasteiger partial charge in [-0.05, 0) is 23.3 Å². The van der Waals surface area contributed by atoms with Gasteiger partial charge in [-0.3, -0.25) is 4.79 Å². The van der Waals surface area contributed by atoms with E-state index in [4.69, 9.17) is 0 Å².